The maximum absolute atomic E-state index is 5.91. The lowest BCUT2D eigenvalue weighted by Crippen LogP contribution is -2.51. The average molecular weight is 275 g/mol. The monoisotopic (exact) mass is 275 g/mol. The Labute approximate surface area is 118 Å². The van der Waals surface area contributed by atoms with Gasteiger partial charge in [0, 0.05) is 24.8 Å². The van der Waals surface area contributed by atoms with E-state index >= 15 is 0 Å². The molecule has 1 saturated heterocycles. The first kappa shape index (κ1) is 13.4. The lowest BCUT2D eigenvalue weighted by molar-refractivity contribution is -0.131. The highest BCUT2D eigenvalue weighted by atomic mass is 16.5. The summed E-state index contributed by atoms with van der Waals surface area (Å²) in [6, 6.07) is 5.55. The topological polar surface area (TPSA) is 64.5 Å². The Morgan fingerprint density at radius 3 is 3.00 bits per heavy atom. The van der Waals surface area contributed by atoms with Crippen molar-refractivity contribution in [2.45, 2.75) is 39.0 Å². The van der Waals surface area contributed by atoms with Crippen LogP contribution in [-0.4, -0.2) is 34.7 Å². The second-order valence-electron chi connectivity index (χ2n) is 6.19. The smallest absolute Gasteiger partial charge is 0.209 e. The molecule has 1 aromatic heterocycles. The van der Waals surface area contributed by atoms with Crippen LogP contribution in [0.3, 0.4) is 0 Å². The third-order valence-electron chi connectivity index (χ3n) is 3.46. The predicted octanol–water partition coefficient (Wildman–Crippen LogP) is 2.41. The molecule has 0 amide bonds. The van der Waals surface area contributed by atoms with Crippen LogP contribution in [0.15, 0.2) is 22.6 Å². The third-order valence-corrected chi connectivity index (χ3v) is 3.46. The number of morpholine rings is 1. The molecule has 5 nitrogen and oxygen atoms in total. The molecule has 108 valence electrons. The number of rotatable bonds is 2. The molecule has 3 rings (SSSR count). The lowest BCUT2D eigenvalue weighted by atomic mass is 10.1. The van der Waals surface area contributed by atoms with Crippen molar-refractivity contribution in [3.63, 3.8) is 0 Å². The maximum atomic E-state index is 5.91. The first-order valence-corrected chi connectivity index (χ1v) is 6.96. The van der Waals surface area contributed by atoms with Crippen molar-refractivity contribution in [2.75, 3.05) is 18.8 Å². The molecule has 20 heavy (non-hydrogen) atoms. The molecule has 1 atom stereocenters. The Balaban J connectivity index is 1.78. The van der Waals surface area contributed by atoms with Gasteiger partial charge in [0.1, 0.15) is 5.52 Å². The van der Waals surface area contributed by atoms with Gasteiger partial charge in [-0.25, -0.2) is 4.98 Å². The van der Waals surface area contributed by atoms with E-state index in [-0.39, 0.29) is 11.7 Å². The summed E-state index contributed by atoms with van der Waals surface area (Å²) in [5.41, 5.74) is 7.93. The number of anilines is 1. The fourth-order valence-electron chi connectivity index (χ4n) is 2.95. The van der Waals surface area contributed by atoms with E-state index in [1.54, 1.807) is 0 Å². The number of benzene rings is 1. The minimum Gasteiger partial charge on any atom is -0.439 e. The van der Waals surface area contributed by atoms with Crippen molar-refractivity contribution in [1.82, 2.24) is 9.88 Å². The predicted molar refractivity (Wildman–Crippen MR) is 78.3 cm³/mol. The van der Waals surface area contributed by atoms with Crippen LogP contribution in [0, 0.1) is 0 Å². The summed E-state index contributed by atoms with van der Waals surface area (Å²) < 4.78 is 11.7. The van der Waals surface area contributed by atoms with Crippen molar-refractivity contribution in [1.29, 1.82) is 0 Å². The van der Waals surface area contributed by atoms with Crippen LogP contribution in [0.1, 0.15) is 26.7 Å². The normalized spacial score (nSPS) is 23.2. The van der Waals surface area contributed by atoms with Crippen LogP contribution in [0.4, 0.5) is 5.69 Å². The van der Waals surface area contributed by atoms with Crippen molar-refractivity contribution >= 4 is 16.8 Å². The molecule has 2 aromatic rings. The molecule has 2 N–H and O–H groups in total. The molecule has 0 spiro atoms. The first-order chi connectivity index (χ1) is 9.41. The van der Waals surface area contributed by atoms with Crippen molar-refractivity contribution < 1.29 is 9.15 Å². The van der Waals surface area contributed by atoms with Gasteiger partial charge in [-0.1, -0.05) is 0 Å². The average Bonchev–Trinajstić information content (AvgIpc) is 2.67. The molecule has 0 aliphatic carbocycles. The Kier molecular flexibility index (Phi) is 3.18. The van der Waals surface area contributed by atoms with Crippen molar-refractivity contribution in [3.8, 4) is 0 Å². The highest BCUT2D eigenvalue weighted by molar-refractivity contribution is 5.76. The van der Waals surface area contributed by atoms with Gasteiger partial charge in [-0.05, 0) is 32.9 Å². The van der Waals surface area contributed by atoms with E-state index < -0.39 is 0 Å². The number of hydrogen-bond acceptors (Lipinski definition) is 5. The summed E-state index contributed by atoms with van der Waals surface area (Å²) >= 11 is 0. The molecule has 1 aromatic carbocycles. The van der Waals surface area contributed by atoms with Crippen LogP contribution < -0.4 is 5.73 Å². The Morgan fingerprint density at radius 1 is 1.45 bits per heavy atom. The number of oxazole rings is 1. The van der Waals surface area contributed by atoms with Gasteiger partial charge in [0.2, 0.25) is 5.89 Å². The van der Waals surface area contributed by atoms with E-state index in [1.165, 1.54) is 0 Å². The van der Waals surface area contributed by atoms with Crippen molar-refractivity contribution in [2.24, 2.45) is 0 Å². The molecule has 1 unspecified atom stereocenters. The standard InChI is InChI=1S/C15H21N3O2/c1-10-7-18(9-15(2,3)20-10)8-14-17-12-5-4-11(16)6-13(12)19-14/h4-6,10H,7-9,16H2,1-3H3. The zero-order valence-corrected chi connectivity index (χ0v) is 12.2. The minimum atomic E-state index is -0.131. The molecule has 1 fully saturated rings. The summed E-state index contributed by atoms with van der Waals surface area (Å²) in [6.45, 7) is 8.79. The number of fused-ring (bicyclic) bond motifs is 1. The fraction of sp³-hybridized carbons (Fsp3) is 0.533. The molecule has 0 bridgehead atoms. The minimum absolute atomic E-state index is 0.131. The third kappa shape index (κ3) is 2.78. The van der Waals surface area contributed by atoms with Gasteiger partial charge >= 0.3 is 0 Å². The largest absolute Gasteiger partial charge is 0.439 e. The Hall–Kier alpha value is -1.59. The van der Waals surface area contributed by atoms with Crippen LogP contribution in [-0.2, 0) is 11.3 Å². The Bertz CT molecular complexity index is 621. The number of nitrogen functional groups attached to an aromatic ring is 1. The van der Waals surface area contributed by atoms with Crippen LogP contribution >= 0.6 is 0 Å². The second-order valence-corrected chi connectivity index (χ2v) is 6.19. The van der Waals surface area contributed by atoms with Gasteiger partial charge < -0.3 is 14.9 Å². The summed E-state index contributed by atoms with van der Waals surface area (Å²) in [5, 5.41) is 0. The number of hydrogen-bond donors (Lipinski definition) is 1. The van der Waals surface area contributed by atoms with E-state index in [4.69, 9.17) is 14.9 Å². The second kappa shape index (κ2) is 4.75. The van der Waals surface area contributed by atoms with Gasteiger partial charge in [0.25, 0.3) is 0 Å². The summed E-state index contributed by atoms with van der Waals surface area (Å²) in [4.78, 5) is 6.84. The quantitative estimate of drug-likeness (QED) is 0.853. The van der Waals surface area contributed by atoms with Crippen LogP contribution in [0.2, 0.25) is 0 Å². The lowest BCUT2D eigenvalue weighted by Gasteiger charge is -2.41. The van der Waals surface area contributed by atoms with Gasteiger partial charge in [0.05, 0.1) is 18.2 Å². The molecule has 1 aliphatic rings. The molecule has 0 saturated carbocycles. The highest BCUT2D eigenvalue weighted by Gasteiger charge is 2.31. The number of nitrogens with zero attached hydrogens (tertiary/aromatic N) is 2. The zero-order valence-electron chi connectivity index (χ0n) is 12.2. The summed E-state index contributed by atoms with van der Waals surface area (Å²) in [6.07, 6.45) is 0.221. The fourth-order valence-corrected chi connectivity index (χ4v) is 2.95. The maximum Gasteiger partial charge on any atom is 0.209 e. The summed E-state index contributed by atoms with van der Waals surface area (Å²) in [7, 11) is 0. The first-order valence-electron chi connectivity index (χ1n) is 6.96. The molecule has 2 heterocycles. The van der Waals surface area contributed by atoms with Gasteiger partial charge in [-0.2, -0.15) is 0 Å². The molecule has 1 aliphatic heterocycles. The van der Waals surface area contributed by atoms with Gasteiger partial charge in [0.15, 0.2) is 5.58 Å². The van der Waals surface area contributed by atoms with E-state index in [0.29, 0.717) is 12.2 Å². The number of aromatic nitrogens is 1. The SMILES string of the molecule is CC1CN(Cc2nc3ccc(N)cc3o2)CC(C)(C)O1. The number of nitrogens with two attached hydrogens (primary N) is 1. The van der Waals surface area contributed by atoms with Gasteiger partial charge in [-0.15, -0.1) is 0 Å². The molecule has 0 radical (unpaired) electrons. The highest BCUT2D eigenvalue weighted by Crippen LogP contribution is 2.24. The van der Waals surface area contributed by atoms with E-state index in [0.717, 1.165) is 30.1 Å². The van der Waals surface area contributed by atoms with Crippen LogP contribution in [0.25, 0.3) is 11.1 Å². The number of ether oxygens (including phenoxy) is 1. The van der Waals surface area contributed by atoms with Gasteiger partial charge in [-0.3, -0.25) is 4.90 Å². The van der Waals surface area contributed by atoms with E-state index in [9.17, 15) is 0 Å². The van der Waals surface area contributed by atoms with E-state index in [2.05, 4.69) is 30.7 Å². The van der Waals surface area contributed by atoms with Crippen LogP contribution in [0.5, 0.6) is 0 Å². The Morgan fingerprint density at radius 2 is 2.25 bits per heavy atom. The zero-order chi connectivity index (χ0) is 14.3. The molecular weight excluding hydrogens is 254 g/mol. The van der Waals surface area contributed by atoms with Crippen molar-refractivity contribution in [3.05, 3.63) is 24.1 Å². The van der Waals surface area contributed by atoms with E-state index in [1.807, 2.05) is 18.2 Å². The molecular formula is C15H21N3O2. The molecule has 5 heteroatoms. The summed E-state index contributed by atoms with van der Waals surface area (Å²) in [5.74, 6) is 0.732.